The van der Waals surface area contributed by atoms with E-state index in [2.05, 4.69) is 5.10 Å². The first kappa shape index (κ1) is 11.9. The van der Waals surface area contributed by atoms with Crippen LogP contribution in [0.3, 0.4) is 0 Å². The highest BCUT2D eigenvalue weighted by Crippen LogP contribution is 2.29. The summed E-state index contributed by atoms with van der Waals surface area (Å²) >= 11 is -0.162. The first-order valence-corrected chi connectivity index (χ1v) is 4.84. The number of hydrogen-bond donors (Lipinski definition) is 1. The Labute approximate surface area is 87.1 Å². The number of thioether (sulfide) groups is 1. The van der Waals surface area contributed by atoms with Crippen molar-refractivity contribution in [2.75, 3.05) is 5.75 Å². The molecule has 15 heavy (non-hydrogen) atoms. The molecule has 1 rings (SSSR count). The van der Waals surface area contributed by atoms with Crippen LogP contribution in [0.25, 0.3) is 0 Å². The summed E-state index contributed by atoms with van der Waals surface area (Å²) in [4.78, 5) is 10.4. The third-order valence-electron chi connectivity index (χ3n) is 1.45. The minimum atomic E-state index is -4.26. The number of aromatic carboxylic acids is 1. The number of aryl methyl sites for hydroxylation is 1. The van der Waals surface area contributed by atoms with Crippen molar-refractivity contribution in [2.24, 2.45) is 0 Å². The van der Waals surface area contributed by atoms with Gasteiger partial charge in [-0.25, -0.2) is 4.79 Å². The van der Waals surface area contributed by atoms with Crippen LogP contribution in [0.2, 0.25) is 0 Å². The highest BCUT2D eigenvalue weighted by atomic mass is 32.2. The van der Waals surface area contributed by atoms with Gasteiger partial charge >= 0.3 is 11.5 Å². The molecule has 1 heterocycles. The van der Waals surface area contributed by atoms with Crippen LogP contribution in [-0.2, 0) is 6.54 Å². The van der Waals surface area contributed by atoms with Gasteiger partial charge in [0.2, 0.25) is 0 Å². The Morgan fingerprint density at radius 1 is 1.60 bits per heavy atom. The largest absolute Gasteiger partial charge is 0.476 e. The molecule has 1 aromatic rings. The van der Waals surface area contributed by atoms with Crippen LogP contribution in [-0.4, -0.2) is 32.1 Å². The van der Waals surface area contributed by atoms with Gasteiger partial charge in [-0.1, -0.05) is 0 Å². The van der Waals surface area contributed by atoms with E-state index in [1.165, 1.54) is 16.9 Å². The lowest BCUT2D eigenvalue weighted by molar-refractivity contribution is -0.0328. The molecular weight excluding hydrogens is 233 g/mol. The average Bonchev–Trinajstić information content (AvgIpc) is 2.50. The number of carbonyl (C=O) groups is 1. The van der Waals surface area contributed by atoms with E-state index in [1.807, 2.05) is 0 Å². The molecule has 0 saturated heterocycles. The maximum atomic E-state index is 11.7. The summed E-state index contributed by atoms with van der Waals surface area (Å²) in [6.45, 7) is 0.0253. The lowest BCUT2D eigenvalue weighted by Crippen LogP contribution is -2.08. The molecule has 0 aliphatic carbocycles. The minimum Gasteiger partial charge on any atom is -0.476 e. The van der Waals surface area contributed by atoms with Gasteiger partial charge in [-0.15, -0.1) is 0 Å². The molecule has 4 nitrogen and oxygen atoms in total. The van der Waals surface area contributed by atoms with Crippen LogP contribution in [0, 0.1) is 0 Å². The number of halogens is 3. The first-order chi connectivity index (χ1) is 6.88. The van der Waals surface area contributed by atoms with E-state index in [-0.39, 0.29) is 29.8 Å². The van der Waals surface area contributed by atoms with Crippen molar-refractivity contribution in [3.63, 3.8) is 0 Å². The Hall–Kier alpha value is -1.18. The Balaban J connectivity index is 2.41. The molecule has 1 aromatic heterocycles. The number of hydrogen-bond acceptors (Lipinski definition) is 3. The van der Waals surface area contributed by atoms with E-state index in [4.69, 9.17) is 5.11 Å². The number of aromatic nitrogens is 2. The van der Waals surface area contributed by atoms with Crippen molar-refractivity contribution in [3.05, 3.63) is 18.0 Å². The fourth-order valence-corrected chi connectivity index (χ4v) is 1.36. The molecule has 84 valence electrons. The Morgan fingerprint density at radius 3 is 2.73 bits per heavy atom. The van der Waals surface area contributed by atoms with Crippen LogP contribution < -0.4 is 0 Å². The molecule has 0 aliphatic rings. The topological polar surface area (TPSA) is 55.1 Å². The summed E-state index contributed by atoms with van der Waals surface area (Å²) in [5.74, 6) is -1.39. The standard InChI is InChI=1S/C7H7F3N2O2S/c8-7(9,10)15-4-3-12-2-1-5(11-12)6(13)14/h1-2H,3-4H2,(H,13,14). The Kier molecular flexibility index (Phi) is 3.61. The van der Waals surface area contributed by atoms with Gasteiger partial charge in [-0.05, 0) is 17.8 Å². The van der Waals surface area contributed by atoms with Gasteiger partial charge in [-0.3, -0.25) is 4.68 Å². The second-order valence-electron chi connectivity index (χ2n) is 2.56. The van der Waals surface area contributed by atoms with Crippen molar-refractivity contribution < 1.29 is 23.1 Å². The van der Waals surface area contributed by atoms with E-state index in [9.17, 15) is 18.0 Å². The number of carboxylic acid groups (broad SMARTS) is 1. The lowest BCUT2D eigenvalue weighted by atomic mass is 10.5. The Morgan fingerprint density at radius 2 is 2.27 bits per heavy atom. The van der Waals surface area contributed by atoms with Crippen LogP contribution in [0.15, 0.2) is 12.3 Å². The van der Waals surface area contributed by atoms with Gasteiger partial charge in [0, 0.05) is 11.9 Å². The summed E-state index contributed by atoms with van der Waals surface area (Å²) in [7, 11) is 0. The van der Waals surface area contributed by atoms with Crippen molar-refractivity contribution >= 4 is 17.7 Å². The molecule has 0 unspecified atom stereocenters. The van der Waals surface area contributed by atoms with Gasteiger partial charge < -0.3 is 5.11 Å². The number of rotatable bonds is 4. The quantitative estimate of drug-likeness (QED) is 0.872. The second kappa shape index (κ2) is 4.56. The molecule has 0 aromatic carbocycles. The molecule has 0 spiro atoms. The van der Waals surface area contributed by atoms with E-state index in [1.54, 1.807) is 0 Å². The summed E-state index contributed by atoms with van der Waals surface area (Å²) < 4.78 is 36.4. The van der Waals surface area contributed by atoms with E-state index >= 15 is 0 Å². The highest BCUT2D eigenvalue weighted by Gasteiger charge is 2.27. The zero-order valence-corrected chi connectivity index (χ0v) is 8.18. The number of carboxylic acids is 1. The molecule has 0 amide bonds. The summed E-state index contributed by atoms with van der Waals surface area (Å²) in [5, 5.41) is 12.1. The van der Waals surface area contributed by atoms with Gasteiger partial charge in [0.05, 0.1) is 6.54 Å². The van der Waals surface area contributed by atoms with Gasteiger partial charge in [0.15, 0.2) is 5.69 Å². The molecule has 8 heteroatoms. The maximum Gasteiger partial charge on any atom is 0.441 e. The fraction of sp³-hybridized carbons (Fsp3) is 0.429. The van der Waals surface area contributed by atoms with Crippen molar-refractivity contribution in [2.45, 2.75) is 12.1 Å². The third-order valence-corrected chi connectivity index (χ3v) is 2.16. The predicted octanol–water partition coefficient (Wildman–Crippen LogP) is 1.83. The second-order valence-corrected chi connectivity index (χ2v) is 3.72. The van der Waals surface area contributed by atoms with Gasteiger partial charge in [0.25, 0.3) is 0 Å². The molecule has 0 saturated carbocycles. The lowest BCUT2D eigenvalue weighted by Gasteiger charge is -2.04. The van der Waals surface area contributed by atoms with Crippen LogP contribution in [0.4, 0.5) is 13.2 Å². The van der Waals surface area contributed by atoms with Crippen LogP contribution >= 0.6 is 11.8 Å². The predicted molar refractivity (Wildman–Crippen MR) is 47.7 cm³/mol. The smallest absolute Gasteiger partial charge is 0.441 e. The minimum absolute atomic E-state index is 0.0253. The average molecular weight is 240 g/mol. The molecular formula is C7H7F3N2O2S. The zero-order chi connectivity index (χ0) is 11.5. The van der Waals surface area contributed by atoms with Crippen LogP contribution in [0.1, 0.15) is 10.5 Å². The number of nitrogens with zero attached hydrogens (tertiary/aromatic N) is 2. The van der Waals surface area contributed by atoms with E-state index in [0.717, 1.165) is 0 Å². The zero-order valence-electron chi connectivity index (χ0n) is 7.36. The Bertz CT molecular complexity index is 350. The van der Waals surface area contributed by atoms with E-state index in [0.29, 0.717) is 0 Å². The van der Waals surface area contributed by atoms with Crippen molar-refractivity contribution in [1.29, 1.82) is 0 Å². The SMILES string of the molecule is O=C(O)c1ccn(CCSC(F)(F)F)n1. The summed E-state index contributed by atoms with van der Waals surface area (Å²) in [6, 6.07) is 1.24. The fourth-order valence-electron chi connectivity index (χ4n) is 0.855. The summed E-state index contributed by atoms with van der Waals surface area (Å²) in [6.07, 6.45) is 1.33. The molecule has 1 N–H and O–H groups in total. The molecule has 0 atom stereocenters. The van der Waals surface area contributed by atoms with Gasteiger partial charge in [0.1, 0.15) is 0 Å². The summed E-state index contributed by atoms with van der Waals surface area (Å²) in [5.41, 5.74) is -4.44. The number of alkyl halides is 3. The molecule has 0 fully saturated rings. The first-order valence-electron chi connectivity index (χ1n) is 3.86. The van der Waals surface area contributed by atoms with Crippen molar-refractivity contribution in [3.8, 4) is 0 Å². The van der Waals surface area contributed by atoms with Crippen molar-refractivity contribution in [1.82, 2.24) is 9.78 Å². The molecule has 0 radical (unpaired) electrons. The normalized spacial score (nSPS) is 11.7. The highest BCUT2D eigenvalue weighted by molar-refractivity contribution is 8.00. The maximum absolute atomic E-state index is 11.7. The third kappa shape index (κ3) is 4.24. The van der Waals surface area contributed by atoms with E-state index < -0.39 is 11.5 Å². The van der Waals surface area contributed by atoms with Crippen LogP contribution in [0.5, 0.6) is 0 Å². The monoisotopic (exact) mass is 240 g/mol. The molecule has 0 aliphatic heterocycles. The molecule has 0 bridgehead atoms. The van der Waals surface area contributed by atoms with Gasteiger partial charge in [-0.2, -0.15) is 18.3 Å².